The van der Waals surface area contributed by atoms with Crippen LogP contribution in [0.15, 0.2) is 78.3 Å². The monoisotopic (exact) mass is 865 g/mol. The van der Waals surface area contributed by atoms with Crippen molar-refractivity contribution in [3.05, 3.63) is 95.7 Å². The molecule has 5 atom stereocenters. The summed E-state index contributed by atoms with van der Waals surface area (Å²) in [6, 6.07) is 13.0. The Balaban J connectivity index is 1.33. The standard InChI is InChI=1S/C45H60ClN5O8S/c1-5-10-32(29-59-44-18-21-51(7-3)47-44)31-60(54,48-43(52)30-58-38-19-23-56-24-20-38)49-45(53)34-14-17-42-40(26-34)50(28-36-13-16-39(36)41(6-2)55-4)27-35-12-15-37(46)25-33(35)11-8-9-22-57-42/h5-6,12,14-15,17-18,21,25-26,32,36,38-39,41H,1-2,7-11,13,16,19-20,22-24,27-31H2,3-4H3,(H,48,49,52,53,54)/t32-,36+,39-,41+,60?/m1/s1. The number of halogens is 1. The summed E-state index contributed by atoms with van der Waals surface area (Å²) in [6.07, 6.45) is 11.5. The van der Waals surface area contributed by atoms with Gasteiger partial charge in [0.15, 0.2) is 0 Å². The minimum Gasteiger partial charge on any atom is -0.491 e. The largest absolute Gasteiger partial charge is 0.491 e. The SMILES string of the molecule is C=CC[C@H](COc1ccn(CC)n1)CS(=O)(=NC(=O)c1ccc2c(c1)N(C[C@@H]1CC[C@H]1[C@H](C=C)OC)Cc1ccc(Cl)cc1CCCCO2)NC(=O)COC1CCOCC1. The third-order valence-corrected chi connectivity index (χ3v) is 13.7. The molecule has 3 aliphatic rings. The molecule has 1 aliphatic carbocycles. The van der Waals surface area contributed by atoms with Crippen molar-refractivity contribution in [1.29, 1.82) is 0 Å². The lowest BCUT2D eigenvalue weighted by Gasteiger charge is -2.43. The number of aromatic nitrogens is 2. The highest BCUT2D eigenvalue weighted by Crippen LogP contribution is 2.42. The van der Waals surface area contributed by atoms with Crippen LogP contribution >= 0.6 is 11.6 Å². The fourth-order valence-corrected chi connectivity index (χ4v) is 10.2. The summed E-state index contributed by atoms with van der Waals surface area (Å²) >= 11 is 6.50. The average molecular weight is 867 g/mol. The van der Waals surface area contributed by atoms with E-state index in [1.54, 1.807) is 42.1 Å². The Morgan fingerprint density at radius 2 is 1.92 bits per heavy atom. The molecule has 1 N–H and O–H groups in total. The van der Waals surface area contributed by atoms with Gasteiger partial charge in [-0.25, -0.2) is 4.21 Å². The van der Waals surface area contributed by atoms with Crippen molar-refractivity contribution < 1.29 is 37.5 Å². The van der Waals surface area contributed by atoms with Crippen LogP contribution in [0.2, 0.25) is 5.02 Å². The third-order valence-electron chi connectivity index (χ3n) is 11.5. The van der Waals surface area contributed by atoms with Crippen LogP contribution in [-0.4, -0.2) is 90.5 Å². The number of aryl methyl sites for hydroxylation is 2. The lowest BCUT2D eigenvalue weighted by molar-refractivity contribution is -0.128. The van der Waals surface area contributed by atoms with E-state index in [0.717, 1.165) is 43.4 Å². The van der Waals surface area contributed by atoms with Crippen LogP contribution in [-0.2, 0) is 48.4 Å². The van der Waals surface area contributed by atoms with Crippen molar-refractivity contribution in [2.75, 3.05) is 57.3 Å². The summed E-state index contributed by atoms with van der Waals surface area (Å²) in [4.78, 5) is 30.0. The molecule has 1 unspecified atom stereocenters. The van der Waals surface area contributed by atoms with E-state index in [2.05, 4.69) is 38.3 Å². The van der Waals surface area contributed by atoms with E-state index >= 15 is 0 Å². The molecule has 3 aromatic rings. The van der Waals surface area contributed by atoms with Crippen molar-refractivity contribution >= 4 is 39.0 Å². The summed E-state index contributed by atoms with van der Waals surface area (Å²) in [5, 5.41) is 5.08. The van der Waals surface area contributed by atoms with Crippen LogP contribution < -0.4 is 19.1 Å². The number of carbonyl (C=O) groups excluding carboxylic acids is 2. The summed E-state index contributed by atoms with van der Waals surface area (Å²) < 4.78 is 53.0. The average Bonchev–Trinajstić information content (AvgIpc) is 3.70. The molecule has 13 nitrogen and oxygen atoms in total. The number of rotatable bonds is 18. The van der Waals surface area contributed by atoms with Crippen LogP contribution in [0.25, 0.3) is 0 Å². The van der Waals surface area contributed by atoms with E-state index in [-0.39, 0.29) is 42.7 Å². The van der Waals surface area contributed by atoms with Gasteiger partial charge in [0.25, 0.3) is 11.8 Å². The van der Waals surface area contributed by atoms with Crippen molar-refractivity contribution in [2.45, 2.75) is 83.6 Å². The quantitative estimate of drug-likeness (QED) is 0.127. The second kappa shape index (κ2) is 22.1. The Hall–Kier alpha value is -4.21. The maximum Gasteiger partial charge on any atom is 0.286 e. The van der Waals surface area contributed by atoms with Gasteiger partial charge in [-0.05, 0) is 112 Å². The molecule has 2 fully saturated rings. The number of hydrogen-bond acceptors (Lipinski definition) is 10. The summed E-state index contributed by atoms with van der Waals surface area (Å²) in [7, 11) is -2.00. The van der Waals surface area contributed by atoms with E-state index in [4.69, 9.17) is 35.3 Å². The summed E-state index contributed by atoms with van der Waals surface area (Å²) in [6.45, 7) is 13.1. The first-order valence-corrected chi connectivity index (χ1v) is 23.2. The maximum absolute atomic E-state index is 14.9. The zero-order valence-electron chi connectivity index (χ0n) is 34.9. The van der Waals surface area contributed by atoms with Crippen molar-refractivity contribution in [1.82, 2.24) is 14.5 Å². The maximum atomic E-state index is 14.9. The number of benzene rings is 2. The highest BCUT2D eigenvalue weighted by atomic mass is 35.5. The molecular formula is C45H60ClN5O8S. The molecule has 1 saturated heterocycles. The first-order chi connectivity index (χ1) is 29.1. The zero-order valence-corrected chi connectivity index (χ0v) is 36.5. The van der Waals surface area contributed by atoms with Gasteiger partial charge in [0.1, 0.15) is 22.3 Å². The van der Waals surface area contributed by atoms with Crippen molar-refractivity contribution in [3.63, 3.8) is 0 Å². The van der Waals surface area contributed by atoms with Gasteiger partial charge < -0.3 is 28.6 Å². The third kappa shape index (κ3) is 12.4. The molecule has 0 bridgehead atoms. The van der Waals surface area contributed by atoms with Crippen LogP contribution in [0.1, 0.15) is 73.4 Å². The van der Waals surface area contributed by atoms with Gasteiger partial charge in [0.2, 0.25) is 5.88 Å². The number of amides is 2. The lowest BCUT2D eigenvalue weighted by Crippen LogP contribution is -2.43. The van der Waals surface area contributed by atoms with Crippen LogP contribution in [0, 0.1) is 17.8 Å². The fraction of sp³-hybridized carbons (Fsp3) is 0.533. The predicted molar refractivity (Wildman–Crippen MR) is 234 cm³/mol. The minimum absolute atomic E-state index is 0.0735. The Bertz CT molecular complexity index is 2060. The van der Waals surface area contributed by atoms with Gasteiger partial charge in [0.05, 0.1) is 36.9 Å². The van der Waals surface area contributed by atoms with Crippen LogP contribution in [0.3, 0.4) is 0 Å². The Labute approximate surface area is 360 Å². The zero-order chi connectivity index (χ0) is 42.5. The van der Waals surface area contributed by atoms with E-state index in [0.29, 0.717) is 81.3 Å². The number of allylic oxidation sites excluding steroid dienone is 1. The molecule has 0 spiro atoms. The van der Waals surface area contributed by atoms with E-state index in [1.165, 1.54) is 5.56 Å². The number of ether oxygens (including phenoxy) is 5. The van der Waals surface area contributed by atoms with Gasteiger partial charge >= 0.3 is 0 Å². The van der Waals surface area contributed by atoms with E-state index < -0.39 is 27.6 Å². The number of nitrogens with one attached hydrogen (secondary N) is 1. The molecule has 60 heavy (non-hydrogen) atoms. The molecular weight excluding hydrogens is 806 g/mol. The lowest BCUT2D eigenvalue weighted by atomic mass is 9.70. The van der Waals surface area contributed by atoms with E-state index in [1.807, 2.05) is 31.3 Å². The molecule has 1 saturated carbocycles. The molecule has 2 aliphatic heterocycles. The minimum atomic E-state index is -3.72. The molecule has 1 aromatic heterocycles. The molecule has 3 heterocycles. The molecule has 6 rings (SSSR count). The van der Waals surface area contributed by atoms with Crippen LogP contribution in [0.4, 0.5) is 5.69 Å². The fourth-order valence-electron chi connectivity index (χ4n) is 8.11. The smallest absolute Gasteiger partial charge is 0.286 e. The molecule has 15 heteroatoms. The Kier molecular flexibility index (Phi) is 16.7. The molecule has 2 aromatic carbocycles. The Morgan fingerprint density at radius 3 is 2.63 bits per heavy atom. The number of anilines is 1. The first kappa shape index (κ1) is 45.3. The Morgan fingerprint density at radius 1 is 1.08 bits per heavy atom. The number of methoxy groups -OCH3 is 1. The van der Waals surface area contributed by atoms with Gasteiger partial charge in [-0.2, -0.15) is 0 Å². The highest BCUT2D eigenvalue weighted by molar-refractivity contribution is 7.92. The molecule has 2 amide bonds. The van der Waals surface area contributed by atoms with Crippen LogP contribution in [0.5, 0.6) is 11.6 Å². The normalized spacial score (nSPS) is 20.4. The molecule has 326 valence electrons. The van der Waals surface area contributed by atoms with Crippen molar-refractivity contribution in [2.24, 2.45) is 22.1 Å². The predicted octanol–water partition coefficient (Wildman–Crippen LogP) is 7.61. The first-order valence-electron chi connectivity index (χ1n) is 21.1. The highest BCUT2D eigenvalue weighted by Gasteiger charge is 2.38. The molecule has 0 radical (unpaired) electrons. The summed E-state index contributed by atoms with van der Waals surface area (Å²) in [5.74, 6) is -0.332. The van der Waals surface area contributed by atoms with Gasteiger partial charge in [-0.3, -0.25) is 19.0 Å². The number of fused-ring (bicyclic) bond motifs is 2. The number of nitrogens with zero attached hydrogens (tertiary/aromatic N) is 4. The second-order valence-electron chi connectivity index (χ2n) is 15.8. The van der Waals surface area contributed by atoms with Gasteiger partial charge in [-0.15, -0.1) is 22.6 Å². The summed E-state index contributed by atoms with van der Waals surface area (Å²) in [5.41, 5.74) is 3.25. The topological polar surface area (TPSA) is 143 Å². The van der Waals surface area contributed by atoms with Gasteiger partial charge in [0, 0.05) is 68.7 Å². The van der Waals surface area contributed by atoms with Gasteiger partial charge in [-0.1, -0.05) is 29.8 Å². The van der Waals surface area contributed by atoms with Crippen molar-refractivity contribution in [3.8, 4) is 11.6 Å². The number of carbonyl (C=O) groups is 2. The second-order valence-corrected chi connectivity index (χ2v) is 18.2. The van der Waals surface area contributed by atoms with E-state index in [9.17, 15) is 13.8 Å². The number of hydrogen-bond donors (Lipinski definition) is 1.